The Bertz CT molecular complexity index is 1320. The van der Waals surface area contributed by atoms with Crippen LogP contribution in [0.4, 0.5) is 0 Å². The van der Waals surface area contributed by atoms with Crippen molar-refractivity contribution in [1.82, 2.24) is 19.5 Å². The number of nitrogens with zero attached hydrogens (tertiary/aromatic N) is 4. The number of carbonyl (C=O) groups excluding carboxylic acids is 2. The third-order valence-electron chi connectivity index (χ3n) is 5.51. The Kier molecular flexibility index (Phi) is 5.16. The van der Waals surface area contributed by atoms with Crippen molar-refractivity contribution in [3.63, 3.8) is 0 Å². The molecule has 3 heterocycles. The van der Waals surface area contributed by atoms with Crippen LogP contribution >= 0.6 is 23.4 Å². The van der Waals surface area contributed by atoms with Crippen LogP contribution in [-0.2, 0) is 0 Å². The molecule has 0 bridgehead atoms. The topological polar surface area (TPSA) is 67.6 Å². The molecule has 0 aliphatic carbocycles. The van der Waals surface area contributed by atoms with Crippen LogP contribution < -0.4 is 0 Å². The minimum atomic E-state index is -0.197. The first-order valence-electron chi connectivity index (χ1n) is 10.1. The smallest absolute Gasteiger partial charge is 0.261 e. The fourth-order valence-electron chi connectivity index (χ4n) is 3.96. The van der Waals surface area contributed by atoms with E-state index in [4.69, 9.17) is 11.6 Å². The molecule has 2 aromatic heterocycles. The maximum atomic E-state index is 12.4. The van der Waals surface area contributed by atoms with Gasteiger partial charge in [0.25, 0.3) is 11.8 Å². The van der Waals surface area contributed by atoms with Gasteiger partial charge in [-0.15, -0.1) is 10.2 Å². The molecule has 1 aliphatic heterocycles. The van der Waals surface area contributed by atoms with Crippen molar-refractivity contribution in [2.24, 2.45) is 0 Å². The maximum absolute atomic E-state index is 12.4. The number of benzene rings is 2. The van der Waals surface area contributed by atoms with Gasteiger partial charge < -0.3 is 0 Å². The highest BCUT2D eigenvalue weighted by atomic mass is 35.5. The van der Waals surface area contributed by atoms with E-state index in [1.54, 1.807) is 36.0 Å². The van der Waals surface area contributed by atoms with Crippen LogP contribution in [0.15, 0.2) is 53.7 Å². The van der Waals surface area contributed by atoms with Crippen LogP contribution in [0.1, 0.15) is 39.1 Å². The zero-order chi connectivity index (χ0) is 21.5. The minimum Gasteiger partial charge on any atom is -0.274 e. The fraction of sp³-hybridized carbons (Fsp3) is 0.217. The standard InChI is InChI=1S/C23H19ClN4O2S/c1-14-12-20-25-26-23(28(20)19-9-8-15(24)13-18(14)19)31-11-5-4-10-27-21(29)16-6-2-3-7-17(16)22(27)30/h2-3,6-9,12-13H,4-5,10-11H2,1H3. The van der Waals surface area contributed by atoms with Gasteiger partial charge in [-0.05, 0) is 61.7 Å². The van der Waals surface area contributed by atoms with E-state index in [0.29, 0.717) is 22.7 Å². The van der Waals surface area contributed by atoms with Crippen molar-refractivity contribution in [3.8, 4) is 0 Å². The number of halogens is 1. The summed E-state index contributed by atoms with van der Waals surface area (Å²) in [5.74, 6) is 0.418. The van der Waals surface area contributed by atoms with E-state index in [0.717, 1.165) is 45.9 Å². The van der Waals surface area contributed by atoms with Crippen LogP contribution in [0.3, 0.4) is 0 Å². The number of fused-ring (bicyclic) bond motifs is 4. The second kappa shape index (κ2) is 7.98. The van der Waals surface area contributed by atoms with Crippen LogP contribution in [0.25, 0.3) is 16.6 Å². The Hall–Kier alpha value is -2.90. The predicted molar refractivity (Wildman–Crippen MR) is 122 cm³/mol. The van der Waals surface area contributed by atoms with Crippen LogP contribution in [-0.4, -0.2) is 43.6 Å². The lowest BCUT2D eigenvalue weighted by Crippen LogP contribution is -2.30. The van der Waals surface area contributed by atoms with Gasteiger partial charge in [-0.1, -0.05) is 35.5 Å². The molecule has 31 heavy (non-hydrogen) atoms. The molecular weight excluding hydrogens is 432 g/mol. The van der Waals surface area contributed by atoms with Gasteiger partial charge in [-0.25, -0.2) is 0 Å². The van der Waals surface area contributed by atoms with Crippen molar-refractivity contribution in [3.05, 3.63) is 70.2 Å². The number of aryl methyl sites for hydroxylation is 1. The molecule has 0 saturated carbocycles. The van der Waals surface area contributed by atoms with Crippen molar-refractivity contribution in [1.29, 1.82) is 0 Å². The number of hydrogen-bond acceptors (Lipinski definition) is 5. The fourth-order valence-corrected chi connectivity index (χ4v) is 5.09. The highest BCUT2D eigenvalue weighted by Crippen LogP contribution is 2.28. The van der Waals surface area contributed by atoms with Gasteiger partial charge in [0.2, 0.25) is 0 Å². The first kappa shape index (κ1) is 20.0. The monoisotopic (exact) mass is 450 g/mol. The van der Waals surface area contributed by atoms with Crippen molar-refractivity contribution in [2.75, 3.05) is 12.3 Å². The zero-order valence-corrected chi connectivity index (χ0v) is 18.4. The summed E-state index contributed by atoms with van der Waals surface area (Å²) < 4.78 is 2.05. The minimum absolute atomic E-state index is 0.197. The maximum Gasteiger partial charge on any atom is 0.261 e. The number of unbranched alkanes of at least 4 members (excludes halogenated alkanes) is 1. The number of amides is 2. The molecule has 8 heteroatoms. The zero-order valence-electron chi connectivity index (χ0n) is 16.8. The molecule has 0 radical (unpaired) electrons. The molecule has 5 rings (SSSR count). The van der Waals surface area contributed by atoms with E-state index in [1.807, 2.05) is 35.6 Å². The third-order valence-corrected chi connectivity index (χ3v) is 6.76. The van der Waals surface area contributed by atoms with Gasteiger partial charge in [0, 0.05) is 22.7 Å². The van der Waals surface area contributed by atoms with Crippen molar-refractivity contribution < 1.29 is 9.59 Å². The van der Waals surface area contributed by atoms with Gasteiger partial charge >= 0.3 is 0 Å². The normalized spacial score (nSPS) is 13.5. The number of aromatic nitrogens is 3. The number of imide groups is 1. The molecule has 0 atom stereocenters. The van der Waals surface area contributed by atoms with Gasteiger partial charge in [-0.3, -0.25) is 18.9 Å². The van der Waals surface area contributed by atoms with Gasteiger partial charge in [0.15, 0.2) is 10.8 Å². The molecule has 0 saturated heterocycles. The average Bonchev–Trinajstić information content (AvgIpc) is 3.28. The summed E-state index contributed by atoms with van der Waals surface area (Å²) in [6.45, 7) is 2.47. The lowest BCUT2D eigenvalue weighted by molar-refractivity contribution is 0.0652. The number of carbonyl (C=O) groups is 2. The Labute approximate surface area is 188 Å². The van der Waals surface area contributed by atoms with Crippen molar-refractivity contribution >= 4 is 51.7 Å². The predicted octanol–water partition coefficient (Wildman–Crippen LogP) is 5.01. The Balaban J connectivity index is 1.25. The van der Waals surface area contributed by atoms with E-state index in [1.165, 1.54) is 4.90 Å². The summed E-state index contributed by atoms with van der Waals surface area (Å²) in [6.07, 6.45) is 1.59. The summed E-state index contributed by atoms with van der Waals surface area (Å²) in [6, 6.07) is 14.8. The van der Waals surface area contributed by atoms with E-state index < -0.39 is 0 Å². The lowest BCUT2D eigenvalue weighted by Gasteiger charge is -2.13. The molecule has 4 aromatic rings. The summed E-state index contributed by atoms with van der Waals surface area (Å²) in [7, 11) is 0. The molecule has 2 amide bonds. The molecule has 0 fully saturated rings. The van der Waals surface area contributed by atoms with Crippen LogP contribution in [0.5, 0.6) is 0 Å². The molecule has 0 spiro atoms. The second-order valence-corrected chi connectivity index (χ2v) is 9.03. The van der Waals surface area contributed by atoms with E-state index in [-0.39, 0.29) is 11.8 Å². The molecule has 0 N–H and O–H groups in total. The van der Waals surface area contributed by atoms with Gasteiger partial charge in [0.05, 0.1) is 16.6 Å². The first-order chi connectivity index (χ1) is 15.0. The highest BCUT2D eigenvalue weighted by Gasteiger charge is 2.34. The number of rotatable bonds is 6. The molecular formula is C23H19ClN4O2S. The average molecular weight is 451 g/mol. The third kappa shape index (κ3) is 3.47. The molecule has 0 unspecified atom stereocenters. The quantitative estimate of drug-likeness (QED) is 0.234. The summed E-state index contributed by atoms with van der Waals surface area (Å²) in [5.41, 5.74) is 3.94. The summed E-state index contributed by atoms with van der Waals surface area (Å²) >= 11 is 7.80. The highest BCUT2D eigenvalue weighted by molar-refractivity contribution is 7.99. The molecule has 6 nitrogen and oxygen atoms in total. The summed E-state index contributed by atoms with van der Waals surface area (Å²) in [5, 5.41) is 11.3. The second-order valence-electron chi connectivity index (χ2n) is 7.53. The van der Waals surface area contributed by atoms with E-state index in [2.05, 4.69) is 10.2 Å². The Morgan fingerprint density at radius 3 is 2.45 bits per heavy atom. The van der Waals surface area contributed by atoms with Crippen LogP contribution in [0.2, 0.25) is 5.02 Å². The first-order valence-corrected chi connectivity index (χ1v) is 11.4. The van der Waals surface area contributed by atoms with Gasteiger partial charge in [-0.2, -0.15) is 0 Å². The number of hydrogen-bond donors (Lipinski definition) is 0. The van der Waals surface area contributed by atoms with E-state index >= 15 is 0 Å². The number of pyridine rings is 1. The Morgan fingerprint density at radius 1 is 0.968 bits per heavy atom. The molecule has 156 valence electrons. The summed E-state index contributed by atoms with van der Waals surface area (Å²) in [4.78, 5) is 26.2. The number of thioether (sulfide) groups is 1. The molecule has 2 aromatic carbocycles. The van der Waals surface area contributed by atoms with Crippen LogP contribution in [0, 0.1) is 6.92 Å². The molecule has 1 aliphatic rings. The Morgan fingerprint density at radius 2 is 1.71 bits per heavy atom. The van der Waals surface area contributed by atoms with E-state index in [9.17, 15) is 9.59 Å². The van der Waals surface area contributed by atoms with Gasteiger partial charge in [0.1, 0.15) is 0 Å². The van der Waals surface area contributed by atoms with Crippen molar-refractivity contribution in [2.45, 2.75) is 24.9 Å². The largest absolute Gasteiger partial charge is 0.274 e. The SMILES string of the molecule is Cc1cc2nnc(SCCCCN3C(=O)c4ccccc4C3=O)n2c2ccc(Cl)cc12. The lowest BCUT2D eigenvalue weighted by atomic mass is 10.1.